The number of hydrogen-bond acceptors (Lipinski definition) is 6. The van der Waals surface area contributed by atoms with Crippen LogP contribution in [-0.4, -0.2) is 52.8 Å². The fourth-order valence-corrected chi connectivity index (χ4v) is 2.62. The summed E-state index contributed by atoms with van der Waals surface area (Å²) in [6, 6.07) is 2.86. The standard InChI is InChI=1S/C19H23N3O6/c1-10-6-7-12-13(8-10)16(25)22(15(12)24)11(2)17(26)28-9-14(23)20-18(27)21-19(3,4)5/h6-8,11H,9H2,1-5H3,(H2,20,21,23,27). The normalized spacial score (nSPS) is 14.4. The smallest absolute Gasteiger partial charge is 0.329 e. The summed E-state index contributed by atoms with van der Waals surface area (Å²) in [6.07, 6.45) is 0. The average molecular weight is 389 g/mol. The van der Waals surface area contributed by atoms with Gasteiger partial charge in [-0.05, 0) is 46.8 Å². The fourth-order valence-electron chi connectivity index (χ4n) is 2.62. The van der Waals surface area contributed by atoms with Crippen LogP contribution in [0.5, 0.6) is 0 Å². The van der Waals surface area contributed by atoms with Crippen LogP contribution in [0, 0.1) is 6.92 Å². The van der Waals surface area contributed by atoms with Gasteiger partial charge < -0.3 is 10.1 Å². The second kappa shape index (κ2) is 7.79. The Kier molecular flexibility index (Phi) is 5.86. The van der Waals surface area contributed by atoms with Gasteiger partial charge in [0.2, 0.25) is 0 Å². The molecule has 5 amide bonds. The molecule has 28 heavy (non-hydrogen) atoms. The van der Waals surface area contributed by atoms with Crippen molar-refractivity contribution >= 4 is 29.7 Å². The van der Waals surface area contributed by atoms with Crippen LogP contribution in [-0.2, 0) is 14.3 Å². The number of urea groups is 1. The zero-order chi connectivity index (χ0) is 21.2. The van der Waals surface area contributed by atoms with Crippen LogP contribution in [0.1, 0.15) is 54.0 Å². The minimum atomic E-state index is -1.22. The van der Waals surface area contributed by atoms with E-state index in [4.69, 9.17) is 4.74 Å². The van der Waals surface area contributed by atoms with Crippen LogP contribution in [0.2, 0.25) is 0 Å². The summed E-state index contributed by atoms with van der Waals surface area (Å²) in [5.41, 5.74) is 0.703. The van der Waals surface area contributed by atoms with Gasteiger partial charge in [-0.15, -0.1) is 0 Å². The maximum absolute atomic E-state index is 12.5. The number of nitrogens with one attached hydrogen (secondary N) is 2. The van der Waals surface area contributed by atoms with Crippen molar-refractivity contribution in [2.75, 3.05) is 6.61 Å². The number of aryl methyl sites for hydroxylation is 1. The molecule has 0 radical (unpaired) electrons. The predicted octanol–water partition coefficient (Wildman–Crippen LogP) is 1.15. The van der Waals surface area contributed by atoms with Gasteiger partial charge in [-0.2, -0.15) is 0 Å². The summed E-state index contributed by atoms with van der Waals surface area (Å²) in [4.78, 5) is 61.3. The molecule has 9 heteroatoms. The van der Waals surface area contributed by atoms with Crippen LogP contribution >= 0.6 is 0 Å². The number of benzene rings is 1. The first-order valence-electron chi connectivity index (χ1n) is 8.68. The minimum Gasteiger partial charge on any atom is -0.454 e. The maximum Gasteiger partial charge on any atom is 0.329 e. The largest absolute Gasteiger partial charge is 0.454 e. The number of carbonyl (C=O) groups excluding carboxylic acids is 5. The highest BCUT2D eigenvalue weighted by molar-refractivity contribution is 6.22. The highest BCUT2D eigenvalue weighted by Gasteiger charge is 2.41. The van der Waals surface area contributed by atoms with Crippen molar-refractivity contribution in [3.8, 4) is 0 Å². The Bertz CT molecular complexity index is 856. The lowest BCUT2D eigenvalue weighted by Crippen LogP contribution is -2.49. The predicted molar refractivity (Wildman–Crippen MR) is 98.5 cm³/mol. The Morgan fingerprint density at radius 3 is 2.32 bits per heavy atom. The molecule has 1 heterocycles. The van der Waals surface area contributed by atoms with E-state index < -0.39 is 47.9 Å². The van der Waals surface area contributed by atoms with Gasteiger partial charge in [0.15, 0.2) is 6.61 Å². The topological polar surface area (TPSA) is 122 Å². The lowest BCUT2D eigenvalue weighted by atomic mass is 10.1. The lowest BCUT2D eigenvalue weighted by molar-refractivity contribution is -0.151. The summed E-state index contributed by atoms with van der Waals surface area (Å²) in [7, 11) is 0. The molecule has 0 fully saturated rings. The first-order chi connectivity index (χ1) is 12.9. The van der Waals surface area contributed by atoms with E-state index in [9.17, 15) is 24.0 Å². The molecular formula is C19H23N3O6. The number of hydrogen-bond donors (Lipinski definition) is 2. The van der Waals surface area contributed by atoms with Crippen molar-refractivity contribution in [1.29, 1.82) is 0 Å². The molecular weight excluding hydrogens is 366 g/mol. The molecule has 0 saturated heterocycles. The van der Waals surface area contributed by atoms with Crippen LogP contribution in [0.3, 0.4) is 0 Å². The van der Waals surface area contributed by atoms with Crippen LogP contribution in [0.15, 0.2) is 18.2 Å². The fraction of sp³-hybridized carbons (Fsp3) is 0.421. The molecule has 1 aliphatic heterocycles. The molecule has 2 N–H and O–H groups in total. The van der Waals surface area contributed by atoms with E-state index in [1.807, 2.05) is 5.32 Å². The lowest BCUT2D eigenvalue weighted by Gasteiger charge is -2.21. The molecule has 0 aliphatic carbocycles. The first-order valence-corrected chi connectivity index (χ1v) is 8.68. The van der Waals surface area contributed by atoms with Gasteiger partial charge in [0.1, 0.15) is 6.04 Å². The van der Waals surface area contributed by atoms with Crippen LogP contribution in [0.25, 0.3) is 0 Å². The van der Waals surface area contributed by atoms with Gasteiger partial charge in [-0.3, -0.25) is 24.6 Å². The van der Waals surface area contributed by atoms with E-state index in [0.29, 0.717) is 0 Å². The Balaban J connectivity index is 1.95. The average Bonchev–Trinajstić information content (AvgIpc) is 2.80. The van der Waals surface area contributed by atoms with Crippen molar-refractivity contribution in [3.05, 3.63) is 34.9 Å². The number of nitrogens with zero attached hydrogens (tertiary/aromatic N) is 1. The first kappa shape index (κ1) is 21.1. The van der Waals surface area contributed by atoms with E-state index in [0.717, 1.165) is 10.5 Å². The monoisotopic (exact) mass is 389 g/mol. The molecule has 0 aromatic heterocycles. The number of amides is 5. The Hall–Kier alpha value is -3.23. The number of rotatable bonds is 4. The zero-order valence-corrected chi connectivity index (χ0v) is 16.4. The van der Waals surface area contributed by atoms with Gasteiger partial charge in [0.05, 0.1) is 11.1 Å². The van der Waals surface area contributed by atoms with Gasteiger partial charge in [-0.1, -0.05) is 11.6 Å². The number of ether oxygens (including phenoxy) is 1. The van der Waals surface area contributed by atoms with Gasteiger partial charge in [0, 0.05) is 5.54 Å². The number of imide groups is 2. The summed E-state index contributed by atoms with van der Waals surface area (Å²) < 4.78 is 4.85. The zero-order valence-electron chi connectivity index (χ0n) is 16.4. The van der Waals surface area contributed by atoms with Crippen molar-refractivity contribution < 1.29 is 28.7 Å². The highest BCUT2D eigenvalue weighted by atomic mass is 16.5. The molecule has 9 nitrogen and oxygen atoms in total. The molecule has 0 bridgehead atoms. The Labute approximate surface area is 162 Å². The molecule has 1 atom stereocenters. The molecule has 2 rings (SSSR count). The Morgan fingerprint density at radius 1 is 1.11 bits per heavy atom. The number of fused-ring (bicyclic) bond motifs is 1. The van der Waals surface area contributed by atoms with Crippen LogP contribution < -0.4 is 10.6 Å². The Morgan fingerprint density at radius 2 is 1.71 bits per heavy atom. The second-order valence-electron chi connectivity index (χ2n) is 7.57. The maximum atomic E-state index is 12.5. The third-order valence-corrected chi connectivity index (χ3v) is 3.89. The number of carbonyl (C=O) groups is 5. The SMILES string of the molecule is Cc1ccc2c(c1)C(=O)N(C(C)C(=O)OCC(=O)NC(=O)NC(C)(C)C)C2=O. The third-order valence-electron chi connectivity index (χ3n) is 3.89. The van der Waals surface area contributed by atoms with Crippen molar-refractivity contribution in [3.63, 3.8) is 0 Å². The van der Waals surface area contributed by atoms with Gasteiger partial charge in [0.25, 0.3) is 17.7 Å². The van der Waals surface area contributed by atoms with Crippen molar-refractivity contribution in [2.24, 2.45) is 0 Å². The van der Waals surface area contributed by atoms with E-state index in [2.05, 4.69) is 5.32 Å². The van der Waals surface area contributed by atoms with Crippen LogP contribution in [0.4, 0.5) is 4.79 Å². The van der Waals surface area contributed by atoms with Crippen molar-refractivity contribution in [2.45, 2.75) is 46.2 Å². The molecule has 1 aromatic rings. The van der Waals surface area contributed by atoms with Gasteiger partial charge >= 0.3 is 12.0 Å². The van der Waals surface area contributed by atoms with Gasteiger partial charge in [-0.25, -0.2) is 9.59 Å². The molecule has 0 saturated carbocycles. The minimum absolute atomic E-state index is 0.215. The van der Waals surface area contributed by atoms with Crippen molar-refractivity contribution in [1.82, 2.24) is 15.5 Å². The van der Waals surface area contributed by atoms with E-state index in [-0.39, 0.29) is 11.1 Å². The van der Waals surface area contributed by atoms with E-state index in [1.54, 1.807) is 39.8 Å². The third kappa shape index (κ3) is 4.73. The summed E-state index contributed by atoms with van der Waals surface area (Å²) in [5.74, 6) is -2.96. The highest BCUT2D eigenvalue weighted by Crippen LogP contribution is 2.26. The molecule has 0 spiro atoms. The summed E-state index contributed by atoms with van der Waals surface area (Å²) in [6.45, 7) is 7.62. The molecule has 1 unspecified atom stereocenters. The molecule has 1 aliphatic rings. The summed E-state index contributed by atoms with van der Waals surface area (Å²) >= 11 is 0. The molecule has 1 aromatic carbocycles. The number of esters is 1. The van der Waals surface area contributed by atoms with E-state index in [1.165, 1.54) is 13.0 Å². The second-order valence-corrected chi connectivity index (χ2v) is 7.57. The van der Waals surface area contributed by atoms with E-state index >= 15 is 0 Å². The summed E-state index contributed by atoms with van der Waals surface area (Å²) in [5, 5.41) is 4.55. The molecule has 150 valence electrons. The quantitative estimate of drug-likeness (QED) is 0.588.